The molecule has 0 bridgehead atoms. The molecular weight excluding hydrogens is 380 g/mol. The fourth-order valence-electron chi connectivity index (χ4n) is 3.09. The van der Waals surface area contributed by atoms with Crippen LogP contribution < -0.4 is 4.90 Å². The molecule has 0 unspecified atom stereocenters. The van der Waals surface area contributed by atoms with Crippen molar-refractivity contribution in [3.8, 4) is 5.69 Å². The van der Waals surface area contributed by atoms with Gasteiger partial charge in [-0.15, -0.1) is 10.2 Å². The average molecular weight is 401 g/mol. The minimum atomic E-state index is -0.0207. The Morgan fingerprint density at radius 3 is 1.90 bits per heavy atom. The molecule has 6 heteroatoms. The zero-order chi connectivity index (χ0) is 20.1. The summed E-state index contributed by atoms with van der Waals surface area (Å²) in [4.78, 5) is 15.0. The SMILES string of the molecule is Cc1nnc(SCC(=O)N(c2ccccc2)c2ccccc2)n1-c1ccccc1. The van der Waals surface area contributed by atoms with Gasteiger partial charge in [0.1, 0.15) is 5.82 Å². The molecule has 144 valence electrons. The first kappa shape index (κ1) is 19.0. The van der Waals surface area contributed by atoms with Gasteiger partial charge in [0.2, 0.25) is 5.91 Å². The van der Waals surface area contributed by atoms with Crippen LogP contribution in [0.3, 0.4) is 0 Å². The Hall–Kier alpha value is -3.38. The molecule has 1 amide bonds. The van der Waals surface area contributed by atoms with E-state index in [0.29, 0.717) is 5.16 Å². The molecule has 0 N–H and O–H groups in total. The van der Waals surface area contributed by atoms with Crippen LogP contribution in [0, 0.1) is 6.92 Å². The molecule has 4 rings (SSSR count). The lowest BCUT2D eigenvalue weighted by Gasteiger charge is -2.23. The number of thioether (sulfide) groups is 1. The number of carbonyl (C=O) groups excluding carboxylic acids is 1. The van der Waals surface area contributed by atoms with E-state index in [1.807, 2.05) is 102 Å². The lowest BCUT2D eigenvalue weighted by atomic mass is 10.2. The molecule has 5 nitrogen and oxygen atoms in total. The van der Waals surface area contributed by atoms with Gasteiger partial charge in [0.05, 0.1) is 5.75 Å². The van der Waals surface area contributed by atoms with Crippen molar-refractivity contribution in [2.75, 3.05) is 10.7 Å². The standard InChI is InChI=1S/C23H20N4OS/c1-18-24-25-23(26(18)19-11-5-2-6-12-19)29-17-22(28)27(20-13-7-3-8-14-20)21-15-9-4-10-16-21/h2-16H,17H2,1H3. The van der Waals surface area contributed by atoms with E-state index in [0.717, 1.165) is 22.9 Å². The quantitative estimate of drug-likeness (QED) is 0.426. The van der Waals surface area contributed by atoms with Gasteiger partial charge in [0.25, 0.3) is 0 Å². The van der Waals surface area contributed by atoms with Crippen LogP contribution in [-0.2, 0) is 4.79 Å². The zero-order valence-corrected chi connectivity index (χ0v) is 16.8. The molecular formula is C23H20N4OS. The molecule has 0 aliphatic carbocycles. The summed E-state index contributed by atoms with van der Waals surface area (Å²) in [5, 5.41) is 9.17. The minimum absolute atomic E-state index is 0.0207. The number of anilines is 2. The number of hydrogen-bond donors (Lipinski definition) is 0. The van der Waals surface area contributed by atoms with Crippen molar-refractivity contribution in [3.63, 3.8) is 0 Å². The normalized spacial score (nSPS) is 10.7. The van der Waals surface area contributed by atoms with Gasteiger partial charge in [-0.1, -0.05) is 66.4 Å². The molecule has 0 aliphatic rings. The molecule has 29 heavy (non-hydrogen) atoms. The van der Waals surface area contributed by atoms with Gasteiger partial charge in [0.15, 0.2) is 5.16 Å². The molecule has 4 aromatic rings. The number of para-hydroxylation sites is 3. The number of aryl methyl sites for hydroxylation is 1. The summed E-state index contributed by atoms with van der Waals surface area (Å²) in [6.45, 7) is 1.91. The summed E-state index contributed by atoms with van der Waals surface area (Å²) in [5.74, 6) is 1.01. The van der Waals surface area contributed by atoms with Crippen LogP contribution in [0.4, 0.5) is 11.4 Å². The fourth-order valence-corrected chi connectivity index (χ4v) is 3.94. The van der Waals surface area contributed by atoms with Crippen molar-refractivity contribution in [1.29, 1.82) is 0 Å². The van der Waals surface area contributed by atoms with Gasteiger partial charge in [-0.25, -0.2) is 0 Å². The van der Waals surface area contributed by atoms with Gasteiger partial charge in [0, 0.05) is 17.1 Å². The Morgan fingerprint density at radius 2 is 1.34 bits per heavy atom. The van der Waals surface area contributed by atoms with Crippen LogP contribution >= 0.6 is 11.8 Å². The highest BCUT2D eigenvalue weighted by molar-refractivity contribution is 7.99. The molecule has 1 aromatic heterocycles. The fraction of sp³-hybridized carbons (Fsp3) is 0.0870. The van der Waals surface area contributed by atoms with Gasteiger partial charge in [-0.2, -0.15) is 0 Å². The van der Waals surface area contributed by atoms with Crippen LogP contribution in [0.25, 0.3) is 5.69 Å². The van der Waals surface area contributed by atoms with E-state index in [2.05, 4.69) is 10.2 Å². The monoisotopic (exact) mass is 400 g/mol. The second-order valence-corrected chi connectivity index (χ2v) is 7.33. The van der Waals surface area contributed by atoms with Crippen LogP contribution in [0.2, 0.25) is 0 Å². The lowest BCUT2D eigenvalue weighted by molar-refractivity contribution is -0.115. The number of aromatic nitrogens is 3. The number of hydrogen-bond acceptors (Lipinski definition) is 4. The van der Waals surface area contributed by atoms with E-state index >= 15 is 0 Å². The molecule has 3 aromatic carbocycles. The first-order valence-corrected chi connectivity index (χ1v) is 10.3. The van der Waals surface area contributed by atoms with Crippen molar-refractivity contribution < 1.29 is 4.79 Å². The van der Waals surface area contributed by atoms with E-state index < -0.39 is 0 Å². The summed E-state index contributed by atoms with van der Waals surface area (Å²) < 4.78 is 1.97. The minimum Gasteiger partial charge on any atom is -0.280 e. The van der Waals surface area contributed by atoms with Crippen molar-refractivity contribution in [2.24, 2.45) is 0 Å². The Balaban J connectivity index is 1.59. The maximum atomic E-state index is 13.2. The highest BCUT2D eigenvalue weighted by atomic mass is 32.2. The summed E-state index contributed by atoms with van der Waals surface area (Å²) in [5.41, 5.74) is 2.66. The van der Waals surface area contributed by atoms with E-state index in [1.54, 1.807) is 4.90 Å². The molecule has 0 aliphatic heterocycles. The lowest BCUT2D eigenvalue weighted by Crippen LogP contribution is -2.27. The summed E-state index contributed by atoms with van der Waals surface area (Å²) in [6.07, 6.45) is 0. The summed E-state index contributed by atoms with van der Waals surface area (Å²) >= 11 is 1.39. The smallest absolute Gasteiger partial charge is 0.242 e. The Bertz CT molecular complexity index is 1040. The van der Waals surface area contributed by atoms with Crippen molar-refractivity contribution in [2.45, 2.75) is 12.1 Å². The Labute approximate surface area is 174 Å². The zero-order valence-electron chi connectivity index (χ0n) is 16.0. The number of benzene rings is 3. The first-order valence-electron chi connectivity index (χ1n) is 9.27. The van der Waals surface area contributed by atoms with Crippen molar-refractivity contribution in [3.05, 3.63) is 96.8 Å². The van der Waals surface area contributed by atoms with Crippen molar-refractivity contribution in [1.82, 2.24) is 14.8 Å². The molecule has 0 saturated carbocycles. The Kier molecular flexibility index (Phi) is 5.72. The number of rotatable bonds is 6. The summed E-state index contributed by atoms with van der Waals surface area (Å²) in [6, 6.07) is 29.3. The molecule has 1 heterocycles. The number of nitrogens with zero attached hydrogens (tertiary/aromatic N) is 4. The molecule has 0 spiro atoms. The van der Waals surface area contributed by atoms with E-state index in [-0.39, 0.29) is 11.7 Å². The molecule has 0 fully saturated rings. The number of amides is 1. The molecule has 0 atom stereocenters. The predicted molar refractivity (Wildman–Crippen MR) is 117 cm³/mol. The predicted octanol–water partition coefficient (Wildman–Crippen LogP) is 5.03. The van der Waals surface area contributed by atoms with Crippen LogP contribution in [0.15, 0.2) is 96.2 Å². The Morgan fingerprint density at radius 1 is 0.828 bits per heavy atom. The highest BCUT2D eigenvalue weighted by Gasteiger charge is 2.20. The second-order valence-electron chi connectivity index (χ2n) is 6.39. The topological polar surface area (TPSA) is 51.0 Å². The van der Waals surface area contributed by atoms with E-state index in [1.165, 1.54) is 11.8 Å². The highest BCUT2D eigenvalue weighted by Crippen LogP contribution is 2.28. The van der Waals surface area contributed by atoms with E-state index in [9.17, 15) is 4.79 Å². The van der Waals surface area contributed by atoms with E-state index in [4.69, 9.17) is 0 Å². The largest absolute Gasteiger partial charge is 0.280 e. The van der Waals surface area contributed by atoms with Crippen LogP contribution in [-0.4, -0.2) is 26.4 Å². The molecule has 0 saturated heterocycles. The number of carbonyl (C=O) groups is 1. The summed E-state index contributed by atoms with van der Waals surface area (Å²) in [7, 11) is 0. The maximum Gasteiger partial charge on any atom is 0.242 e. The third kappa shape index (κ3) is 4.22. The van der Waals surface area contributed by atoms with Crippen LogP contribution in [0.1, 0.15) is 5.82 Å². The first-order chi connectivity index (χ1) is 14.2. The van der Waals surface area contributed by atoms with Crippen LogP contribution in [0.5, 0.6) is 0 Å². The third-order valence-corrected chi connectivity index (χ3v) is 5.33. The van der Waals surface area contributed by atoms with Gasteiger partial charge in [-0.3, -0.25) is 14.3 Å². The maximum absolute atomic E-state index is 13.2. The van der Waals surface area contributed by atoms with Gasteiger partial charge in [-0.05, 0) is 43.3 Å². The second kappa shape index (κ2) is 8.75. The molecule has 0 radical (unpaired) electrons. The third-order valence-electron chi connectivity index (χ3n) is 4.41. The van der Waals surface area contributed by atoms with Crippen molar-refractivity contribution >= 4 is 29.0 Å². The van der Waals surface area contributed by atoms with Gasteiger partial charge >= 0.3 is 0 Å². The average Bonchev–Trinajstić information content (AvgIpc) is 3.15. The van der Waals surface area contributed by atoms with Gasteiger partial charge < -0.3 is 0 Å².